The summed E-state index contributed by atoms with van der Waals surface area (Å²) in [4.78, 5) is 0. The molecule has 2 N–H and O–H groups in total. The van der Waals surface area contributed by atoms with Gasteiger partial charge in [0, 0.05) is 13.1 Å². The number of aliphatic hydroxyl groups excluding tert-OH is 1. The smallest absolute Gasteiger partial charge is 0.0556 e. The molecule has 0 aliphatic heterocycles. The second-order valence-electron chi connectivity index (χ2n) is 4.98. The highest BCUT2D eigenvalue weighted by Crippen LogP contribution is 2.32. The van der Waals surface area contributed by atoms with Crippen molar-refractivity contribution in [3.8, 4) is 0 Å². The number of benzene rings is 1. The first-order chi connectivity index (χ1) is 8.40. The van der Waals surface area contributed by atoms with Gasteiger partial charge in [0.25, 0.3) is 0 Å². The van der Waals surface area contributed by atoms with Gasteiger partial charge in [-0.2, -0.15) is 0 Å². The molecule has 1 aliphatic carbocycles. The molecule has 2 rings (SSSR count). The van der Waals surface area contributed by atoms with Gasteiger partial charge >= 0.3 is 0 Å². The van der Waals surface area contributed by atoms with E-state index in [0.29, 0.717) is 6.54 Å². The molecule has 1 aromatic rings. The van der Waals surface area contributed by atoms with Crippen molar-refractivity contribution >= 4 is 0 Å². The summed E-state index contributed by atoms with van der Waals surface area (Å²) in [6.07, 6.45) is 6.93. The highest BCUT2D eigenvalue weighted by atomic mass is 16.3. The number of hydrogen-bond donors (Lipinski definition) is 2. The maximum atomic E-state index is 8.70. The van der Waals surface area contributed by atoms with Crippen LogP contribution in [0.5, 0.6) is 0 Å². The molecule has 2 nitrogen and oxygen atoms in total. The molecule has 1 aliphatic rings. The van der Waals surface area contributed by atoms with E-state index in [0.717, 1.165) is 12.5 Å². The van der Waals surface area contributed by atoms with Gasteiger partial charge in [0.2, 0.25) is 0 Å². The fraction of sp³-hybridized carbons (Fsp3) is 0.600. The Labute approximate surface area is 104 Å². The maximum Gasteiger partial charge on any atom is 0.0556 e. The van der Waals surface area contributed by atoms with E-state index in [4.69, 9.17) is 5.11 Å². The minimum Gasteiger partial charge on any atom is -0.395 e. The van der Waals surface area contributed by atoms with E-state index in [1.54, 1.807) is 0 Å². The van der Waals surface area contributed by atoms with Crippen molar-refractivity contribution in [1.29, 1.82) is 0 Å². The average molecular weight is 233 g/mol. The lowest BCUT2D eigenvalue weighted by Gasteiger charge is -2.22. The Kier molecular flexibility index (Phi) is 5.02. The Hall–Kier alpha value is -0.860. The molecule has 2 heteroatoms. The topological polar surface area (TPSA) is 32.3 Å². The summed E-state index contributed by atoms with van der Waals surface area (Å²) in [5.41, 5.74) is 2.81. The maximum absolute atomic E-state index is 8.70. The zero-order valence-corrected chi connectivity index (χ0v) is 10.5. The molecule has 94 valence electrons. The number of nitrogens with one attached hydrogen (secondary N) is 1. The average Bonchev–Trinajstić information content (AvgIpc) is 2.41. The molecule has 0 bridgehead atoms. The number of aliphatic hydroxyl groups is 1. The van der Waals surface area contributed by atoms with Crippen LogP contribution >= 0.6 is 0 Å². The zero-order chi connectivity index (χ0) is 11.9. The SMILES string of the molecule is OCCNCc1ccc(C2CCCCC2)cc1. The van der Waals surface area contributed by atoms with E-state index in [1.165, 1.54) is 43.2 Å². The van der Waals surface area contributed by atoms with Gasteiger partial charge < -0.3 is 10.4 Å². The zero-order valence-electron chi connectivity index (χ0n) is 10.5. The molecule has 0 unspecified atom stereocenters. The van der Waals surface area contributed by atoms with E-state index >= 15 is 0 Å². The van der Waals surface area contributed by atoms with Gasteiger partial charge in [-0.3, -0.25) is 0 Å². The van der Waals surface area contributed by atoms with Gasteiger partial charge in [-0.1, -0.05) is 43.5 Å². The number of rotatable bonds is 5. The molecule has 0 aromatic heterocycles. The van der Waals surface area contributed by atoms with Gasteiger partial charge in [-0.15, -0.1) is 0 Å². The van der Waals surface area contributed by atoms with Crippen LogP contribution in [0, 0.1) is 0 Å². The van der Waals surface area contributed by atoms with Gasteiger partial charge in [0.15, 0.2) is 0 Å². The molecule has 0 amide bonds. The van der Waals surface area contributed by atoms with Crippen LogP contribution in [0.2, 0.25) is 0 Å². The van der Waals surface area contributed by atoms with E-state index in [2.05, 4.69) is 29.6 Å². The van der Waals surface area contributed by atoms with Crippen molar-refractivity contribution in [3.63, 3.8) is 0 Å². The highest BCUT2D eigenvalue weighted by molar-refractivity contribution is 5.25. The summed E-state index contributed by atoms with van der Waals surface area (Å²) < 4.78 is 0. The molecule has 0 heterocycles. The van der Waals surface area contributed by atoms with Crippen molar-refractivity contribution in [3.05, 3.63) is 35.4 Å². The van der Waals surface area contributed by atoms with E-state index < -0.39 is 0 Å². The Balaban J connectivity index is 1.88. The second-order valence-corrected chi connectivity index (χ2v) is 4.98. The van der Waals surface area contributed by atoms with Crippen molar-refractivity contribution in [1.82, 2.24) is 5.32 Å². The molecular formula is C15H23NO. The predicted octanol–water partition coefficient (Wildman–Crippen LogP) is 2.82. The fourth-order valence-electron chi connectivity index (χ4n) is 2.66. The molecule has 17 heavy (non-hydrogen) atoms. The first kappa shape index (κ1) is 12.6. The minimum atomic E-state index is 0.208. The Morgan fingerprint density at radius 3 is 2.41 bits per heavy atom. The summed E-state index contributed by atoms with van der Waals surface area (Å²) >= 11 is 0. The second kappa shape index (κ2) is 6.77. The summed E-state index contributed by atoms with van der Waals surface area (Å²) in [5.74, 6) is 0.795. The van der Waals surface area contributed by atoms with Crippen molar-refractivity contribution in [2.45, 2.75) is 44.6 Å². The normalized spacial score (nSPS) is 17.2. The summed E-state index contributed by atoms with van der Waals surface area (Å²) in [5, 5.41) is 11.9. The van der Waals surface area contributed by atoms with Gasteiger partial charge in [-0.05, 0) is 29.9 Å². The van der Waals surface area contributed by atoms with Gasteiger partial charge in [-0.25, -0.2) is 0 Å². The van der Waals surface area contributed by atoms with E-state index in [1.807, 2.05) is 0 Å². The Morgan fingerprint density at radius 1 is 1.06 bits per heavy atom. The Morgan fingerprint density at radius 2 is 1.76 bits per heavy atom. The Bertz CT molecular complexity index is 314. The summed E-state index contributed by atoms with van der Waals surface area (Å²) in [7, 11) is 0. The van der Waals surface area contributed by atoms with Crippen LogP contribution in [0.1, 0.15) is 49.1 Å². The fourth-order valence-corrected chi connectivity index (χ4v) is 2.66. The number of hydrogen-bond acceptors (Lipinski definition) is 2. The van der Waals surface area contributed by atoms with Crippen LogP contribution in [-0.2, 0) is 6.54 Å². The molecule has 1 fully saturated rings. The standard InChI is InChI=1S/C15H23NO/c17-11-10-16-12-13-6-8-15(9-7-13)14-4-2-1-3-5-14/h6-9,14,16-17H,1-5,10-12H2. The van der Waals surface area contributed by atoms with Crippen molar-refractivity contribution in [2.24, 2.45) is 0 Å². The molecule has 0 spiro atoms. The van der Waals surface area contributed by atoms with Crippen LogP contribution in [0.4, 0.5) is 0 Å². The third-order valence-corrected chi connectivity index (χ3v) is 3.67. The monoisotopic (exact) mass is 233 g/mol. The summed E-state index contributed by atoms with van der Waals surface area (Å²) in [6, 6.07) is 9.00. The largest absolute Gasteiger partial charge is 0.395 e. The predicted molar refractivity (Wildman–Crippen MR) is 71.1 cm³/mol. The van der Waals surface area contributed by atoms with Crippen LogP contribution in [0.25, 0.3) is 0 Å². The summed E-state index contributed by atoms with van der Waals surface area (Å²) in [6.45, 7) is 1.73. The van der Waals surface area contributed by atoms with Crippen LogP contribution in [0.3, 0.4) is 0 Å². The lowest BCUT2D eigenvalue weighted by atomic mass is 9.84. The lowest BCUT2D eigenvalue weighted by Crippen LogP contribution is -2.17. The molecule has 1 aromatic carbocycles. The molecule has 0 radical (unpaired) electrons. The minimum absolute atomic E-state index is 0.208. The van der Waals surface area contributed by atoms with Crippen LogP contribution in [-0.4, -0.2) is 18.3 Å². The highest BCUT2D eigenvalue weighted by Gasteiger charge is 2.14. The van der Waals surface area contributed by atoms with Crippen molar-refractivity contribution < 1.29 is 5.11 Å². The first-order valence-corrected chi connectivity index (χ1v) is 6.80. The van der Waals surface area contributed by atoms with E-state index in [9.17, 15) is 0 Å². The lowest BCUT2D eigenvalue weighted by molar-refractivity contribution is 0.292. The van der Waals surface area contributed by atoms with E-state index in [-0.39, 0.29) is 6.61 Å². The van der Waals surface area contributed by atoms with Crippen LogP contribution < -0.4 is 5.32 Å². The third-order valence-electron chi connectivity index (χ3n) is 3.67. The molecule has 1 saturated carbocycles. The quantitative estimate of drug-likeness (QED) is 0.766. The molecular weight excluding hydrogens is 210 g/mol. The van der Waals surface area contributed by atoms with Gasteiger partial charge in [0.05, 0.1) is 6.61 Å². The first-order valence-electron chi connectivity index (χ1n) is 6.80. The van der Waals surface area contributed by atoms with Crippen molar-refractivity contribution in [2.75, 3.05) is 13.2 Å². The molecule has 0 saturated heterocycles. The van der Waals surface area contributed by atoms with Gasteiger partial charge in [0.1, 0.15) is 0 Å². The third kappa shape index (κ3) is 3.83. The van der Waals surface area contributed by atoms with Crippen LogP contribution in [0.15, 0.2) is 24.3 Å². The molecule has 0 atom stereocenters.